The van der Waals surface area contributed by atoms with Gasteiger partial charge >= 0.3 is 0 Å². The van der Waals surface area contributed by atoms with Crippen LogP contribution >= 0.6 is 15.9 Å². The van der Waals surface area contributed by atoms with Crippen molar-refractivity contribution < 1.29 is 9.59 Å². The Morgan fingerprint density at radius 3 is 2.29 bits per heavy atom. The van der Waals surface area contributed by atoms with Crippen molar-refractivity contribution in [2.45, 2.75) is 0 Å². The molecule has 4 N–H and O–H groups in total. The predicted molar refractivity (Wildman–Crippen MR) is 94.8 cm³/mol. The minimum absolute atomic E-state index is 0.221. The van der Waals surface area contributed by atoms with Crippen LogP contribution in [0.15, 0.2) is 64.8 Å². The number of carbonyl (C=O) groups excluding carboxylic acids is 2. The van der Waals surface area contributed by atoms with Gasteiger partial charge in [0.15, 0.2) is 0 Å². The largest absolute Gasteiger partial charge is 0.399 e. The summed E-state index contributed by atoms with van der Waals surface area (Å²) in [5.41, 5.74) is 6.77. The standard InChI is InChI=1S/C17H13BrN4O2/c18-13-3-7-15(8-4-13)22-17(24)12(9-19)10-21-16(23)11-1-5-14(20)6-2-11/h1-8,10H,20H2,(H,21,23)(H,22,24)/b12-10-. The van der Waals surface area contributed by atoms with Gasteiger partial charge in [0.2, 0.25) is 0 Å². The SMILES string of the molecule is N#C/C(=C/NC(=O)c1ccc(N)cc1)C(=O)Nc1ccc(Br)cc1. The zero-order valence-electron chi connectivity index (χ0n) is 12.4. The summed E-state index contributed by atoms with van der Waals surface area (Å²) in [6.45, 7) is 0. The number of carbonyl (C=O) groups is 2. The van der Waals surface area contributed by atoms with Crippen molar-refractivity contribution in [2.75, 3.05) is 11.1 Å². The fourth-order valence-electron chi connectivity index (χ4n) is 1.74. The Morgan fingerprint density at radius 1 is 1.08 bits per heavy atom. The van der Waals surface area contributed by atoms with Crippen molar-refractivity contribution in [1.82, 2.24) is 5.32 Å². The number of benzene rings is 2. The minimum atomic E-state index is -0.613. The number of nitrogens with two attached hydrogens (primary N) is 1. The molecule has 2 amide bonds. The van der Waals surface area contributed by atoms with Crippen LogP contribution in [0.2, 0.25) is 0 Å². The molecule has 0 heterocycles. The molecule has 0 spiro atoms. The first kappa shape index (κ1) is 17.2. The van der Waals surface area contributed by atoms with Crippen LogP contribution in [0, 0.1) is 11.3 Å². The van der Waals surface area contributed by atoms with E-state index in [1.165, 1.54) is 0 Å². The van der Waals surface area contributed by atoms with Crippen LogP contribution < -0.4 is 16.4 Å². The maximum atomic E-state index is 12.0. The number of hydrogen-bond donors (Lipinski definition) is 3. The molecular formula is C17H13BrN4O2. The van der Waals surface area contributed by atoms with Gasteiger partial charge in [0, 0.05) is 27.6 Å². The summed E-state index contributed by atoms with van der Waals surface area (Å²) in [4.78, 5) is 24.0. The van der Waals surface area contributed by atoms with Crippen LogP contribution in [0.5, 0.6) is 0 Å². The Labute approximate surface area is 147 Å². The molecule has 6 nitrogen and oxygen atoms in total. The van der Waals surface area contributed by atoms with E-state index in [4.69, 9.17) is 11.0 Å². The van der Waals surface area contributed by atoms with Gasteiger partial charge in [-0.25, -0.2) is 0 Å². The summed E-state index contributed by atoms with van der Waals surface area (Å²) >= 11 is 3.29. The fraction of sp³-hybridized carbons (Fsp3) is 0. The molecular weight excluding hydrogens is 372 g/mol. The van der Waals surface area contributed by atoms with Crippen LogP contribution in [-0.2, 0) is 4.79 Å². The first-order valence-electron chi connectivity index (χ1n) is 6.83. The lowest BCUT2D eigenvalue weighted by Gasteiger charge is -2.05. The van der Waals surface area contributed by atoms with E-state index in [-0.39, 0.29) is 5.57 Å². The molecule has 0 aromatic heterocycles. The monoisotopic (exact) mass is 384 g/mol. The molecule has 7 heteroatoms. The van der Waals surface area contributed by atoms with Gasteiger partial charge in [-0.3, -0.25) is 9.59 Å². The molecule has 0 atom stereocenters. The van der Waals surface area contributed by atoms with Gasteiger partial charge in [-0.05, 0) is 48.5 Å². The van der Waals surface area contributed by atoms with Gasteiger partial charge < -0.3 is 16.4 Å². The molecule has 24 heavy (non-hydrogen) atoms. The third kappa shape index (κ3) is 4.69. The van der Waals surface area contributed by atoms with E-state index in [0.717, 1.165) is 10.7 Å². The van der Waals surface area contributed by atoms with Gasteiger partial charge in [-0.1, -0.05) is 15.9 Å². The van der Waals surface area contributed by atoms with Crippen LogP contribution in [-0.4, -0.2) is 11.8 Å². The average Bonchev–Trinajstić information content (AvgIpc) is 2.58. The van der Waals surface area contributed by atoms with Crippen LogP contribution in [0.3, 0.4) is 0 Å². The third-order valence-electron chi connectivity index (χ3n) is 2.99. The van der Waals surface area contributed by atoms with Gasteiger partial charge in [-0.2, -0.15) is 5.26 Å². The van der Waals surface area contributed by atoms with Crippen molar-refractivity contribution in [1.29, 1.82) is 5.26 Å². The topological polar surface area (TPSA) is 108 Å². The molecule has 0 radical (unpaired) electrons. The number of hydrogen-bond acceptors (Lipinski definition) is 4. The molecule has 120 valence electrons. The number of halogens is 1. The normalized spacial score (nSPS) is 10.6. The first-order valence-corrected chi connectivity index (χ1v) is 7.62. The van der Waals surface area contributed by atoms with Crippen molar-refractivity contribution in [3.63, 3.8) is 0 Å². The van der Waals surface area contributed by atoms with Crippen molar-refractivity contribution in [3.05, 3.63) is 70.3 Å². The second-order valence-corrected chi connectivity index (χ2v) is 5.64. The highest BCUT2D eigenvalue weighted by atomic mass is 79.9. The number of nitrogen functional groups attached to an aromatic ring is 1. The first-order chi connectivity index (χ1) is 11.5. The summed E-state index contributed by atoms with van der Waals surface area (Å²) in [7, 11) is 0. The smallest absolute Gasteiger partial charge is 0.267 e. The molecule has 2 aromatic rings. The molecule has 0 bridgehead atoms. The third-order valence-corrected chi connectivity index (χ3v) is 3.52. The lowest BCUT2D eigenvalue weighted by atomic mass is 10.2. The van der Waals surface area contributed by atoms with Crippen LogP contribution in [0.25, 0.3) is 0 Å². The lowest BCUT2D eigenvalue weighted by Crippen LogP contribution is -2.21. The van der Waals surface area contributed by atoms with E-state index in [1.807, 2.05) is 0 Å². The molecule has 0 saturated heterocycles. The maximum absolute atomic E-state index is 12.0. The summed E-state index contributed by atoms with van der Waals surface area (Å²) in [6.07, 6.45) is 1.08. The molecule has 0 aliphatic heterocycles. The van der Waals surface area contributed by atoms with Crippen molar-refractivity contribution >= 4 is 39.1 Å². The van der Waals surface area contributed by atoms with E-state index in [9.17, 15) is 9.59 Å². The van der Waals surface area contributed by atoms with E-state index >= 15 is 0 Å². The quantitative estimate of drug-likeness (QED) is 0.427. The van der Waals surface area contributed by atoms with E-state index in [0.29, 0.717) is 16.9 Å². The number of nitrogens with zero attached hydrogens (tertiary/aromatic N) is 1. The summed E-state index contributed by atoms with van der Waals surface area (Å²) in [6, 6.07) is 14.9. The Kier molecular flexibility index (Phi) is 5.71. The molecule has 2 rings (SSSR count). The molecule has 0 unspecified atom stereocenters. The highest BCUT2D eigenvalue weighted by molar-refractivity contribution is 9.10. The number of anilines is 2. The minimum Gasteiger partial charge on any atom is -0.399 e. The van der Waals surface area contributed by atoms with Crippen molar-refractivity contribution in [2.24, 2.45) is 0 Å². The van der Waals surface area contributed by atoms with Gasteiger partial charge in [-0.15, -0.1) is 0 Å². The highest BCUT2D eigenvalue weighted by Crippen LogP contribution is 2.14. The molecule has 0 aliphatic carbocycles. The Balaban J connectivity index is 2.04. The molecule has 0 aliphatic rings. The number of rotatable bonds is 4. The maximum Gasteiger partial charge on any atom is 0.267 e. The van der Waals surface area contributed by atoms with E-state index in [1.54, 1.807) is 54.6 Å². The number of nitriles is 1. The predicted octanol–water partition coefficient (Wildman–Crippen LogP) is 2.81. The molecule has 0 fully saturated rings. The Morgan fingerprint density at radius 2 is 1.71 bits per heavy atom. The van der Waals surface area contributed by atoms with E-state index in [2.05, 4.69) is 26.6 Å². The number of amides is 2. The zero-order valence-corrected chi connectivity index (χ0v) is 14.0. The number of nitrogens with one attached hydrogen (secondary N) is 2. The summed E-state index contributed by atoms with van der Waals surface area (Å²) < 4.78 is 0.868. The Bertz CT molecular complexity index is 821. The van der Waals surface area contributed by atoms with Crippen LogP contribution in [0.4, 0.5) is 11.4 Å². The summed E-state index contributed by atoms with van der Waals surface area (Å²) in [5, 5.41) is 14.1. The van der Waals surface area contributed by atoms with Gasteiger partial charge in [0.1, 0.15) is 11.6 Å². The lowest BCUT2D eigenvalue weighted by molar-refractivity contribution is -0.112. The van der Waals surface area contributed by atoms with Crippen molar-refractivity contribution in [3.8, 4) is 6.07 Å². The van der Waals surface area contributed by atoms with E-state index < -0.39 is 11.8 Å². The fourth-order valence-corrected chi connectivity index (χ4v) is 2.00. The molecule has 0 saturated carbocycles. The second-order valence-electron chi connectivity index (χ2n) is 4.73. The summed E-state index contributed by atoms with van der Waals surface area (Å²) in [5.74, 6) is -1.06. The average molecular weight is 385 g/mol. The zero-order chi connectivity index (χ0) is 17.5. The Hall–Kier alpha value is -3.11. The highest BCUT2D eigenvalue weighted by Gasteiger charge is 2.11. The molecule has 2 aromatic carbocycles. The van der Waals surface area contributed by atoms with Crippen LogP contribution in [0.1, 0.15) is 10.4 Å². The van der Waals surface area contributed by atoms with Gasteiger partial charge in [0.05, 0.1) is 0 Å². The second kappa shape index (κ2) is 7.94. The van der Waals surface area contributed by atoms with Gasteiger partial charge in [0.25, 0.3) is 11.8 Å².